The Hall–Kier alpha value is -3.63. The largest absolute Gasteiger partial charge is 0.489 e. The Morgan fingerprint density at radius 3 is 2.63 bits per heavy atom. The molecule has 1 saturated heterocycles. The molecule has 2 amide bonds. The number of aromatic nitrogens is 1. The average Bonchev–Trinajstić information content (AvgIpc) is 3.37. The van der Waals surface area contributed by atoms with Crippen molar-refractivity contribution in [2.45, 2.75) is 58.7 Å². The number of thioether (sulfide) groups is 1. The van der Waals surface area contributed by atoms with Crippen LogP contribution < -0.4 is 15.5 Å². The van der Waals surface area contributed by atoms with Crippen LogP contribution in [0.3, 0.4) is 0 Å². The first-order valence-electron chi connectivity index (χ1n) is 13.9. The minimum Gasteiger partial charge on any atom is -0.489 e. The van der Waals surface area contributed by atoms with Gasteiger partial charge in [0.1, 0.15) is 17.4 Å². The summed E-state index contributed by atoms with van der Waals surface area (Å²) < 4.78 is 6.06. The maximum absolute atomic E-state index is 13.3. The van der Waals surface area contributed by atoms with E-state index in [1.165, 1.54) is 11.8 Å². The van der Waals surface area contributed by atoms with Crippen LogP contribution in [0.5, 0.6) is 5.75 Å². The highest BCUT2D eigenvalue weighted by atomic mass is 32.2. The number of hydrazone groups is 1. The molecular weight excluding hydrogens is 538 g/mol. The number of ether oxygens (including phenoxy) is 1. The second-order valence-electron chi connectivity index (χ2n) is 11.9. The number of fused-ring (bicyclic) bond motifs is 1. The van der Waals surface area contributed by atoms with Crippen molar-refractivity contribution in [2.24, 2.45) is 16.4 Å². The van der Waals surface area contributed by atoms with Crippen LogP contribution in [0, 0.1) is 18.3 Å². The zero-order valence-corrected chi connectivity index (χ0v) is 24.7. The molecule has 0 bridgehead atoms. The lowest BCUT2D eigenvalue weighted by Gasteiger charge is -2.39. The second kappa shape index (κ2) is 12.1. The van der Waals surface area contributed by atoms with Crippen molar-refractivity contribution < 1.29 is 19.4 Å². The van der Waals surface area contributed by atoms with Crippen LogP contribution in [0.15, 0.2) is 59.7 Å². The molecule has 5 rings (SSSR count). The lowest BCUT2D eigenvalue weighted by atomic mass is 9.89. The standard InChI is InChI=1S/C31H37N5O4S/c1-19-15-21(23-7-5-6-8-25(23)32-19)18-40-22-11-9-20(10-12-22)28(38)33-26-13-14-36(27(37)16-31(2,3)4)17-24(26)29-34-35-30(39)41-29/h5-12,15,24,26,30,35,39H,13-14,16-18H2,1-4H3,(H,33,38). The number of aliphatic hydroxyl groups is 1. The number of hydrogen-bond acceptors (Lipinski definition) is 8. The number of pyridine rings is 1. The fourth-order valence-electron chi connectivity index (χ4n) is 5.25. The highest BCUT2D eigenvalue weighted by molar-refractivity contribution is 8.14. The molecular formula is C31H37N5O4S. The van der Waals surface area contributed by atoms with E-state index < -0.39 is 5.56 Å². The molecule has 3 unspecified atom stereocenters. The molecule has 3 N–H and O–H groups in total. The third-order valence-corrected chi connectivity index (χ3v) is 8.20. The van der Waals surface area contributed by atoms with E-state index in [-0.39, 0.29) is 29.2 Å². The summed E-state index contributed by atoms with van der Waals surface area (Å²) in [4.78, 5) is 32.7. The van der Waals surface area contributed by atoms with Crippen molar-refractivity contribution >= 4 is 39.5 Å². The summed E-state index contributed by atoms with van der Waals surface area (Å²) in [5, 5.41) is 19.2. The minimum atomic E-state index is -0.830. The van der Waals surface area contributed by atoms with Gasteiger partial charge in [0.25, 0.3) is 5.91 Å². The van der Waals surface area contributed by atoms with Crippen molar-refractivity contribution in [3.8, 4) is 5.75 Å². The highest BCUT2D eigenvalue weighted by Crippen LogP contribution is 2.30. The molecule has 3 aromatic rings. The van der Waals surface area contributed by atoms with Crippen LogP contribution in [0.4, 0.5) is 0 Å². The maximum atomic E-state index is 13.3. The van der Waals surface area contributed by atoms with E-state index >= 15 is 0 Å². The molecule has 1 aromatic heterocycles. The maximum Gasteiger partial charge on any atom is 0.251 e. The number of para-hydroxylation sites is 1. The molecule has 1 fully saturated rings. The quantitative estimate of drug-likeness (QED) is 0.382. The number of hydrogen-bond donors (Lipinski definition) is 3. The van der Waals surface area contributed by atoms with E-state index in [2.05, 4.69) is 20.8 Å². The number of likely N-dealkylation sites (tertiary alicyclic amines) is 1. The van der Waals surface area contributed by atoms with Crippen LogP contribution >= 0.6 is 11.8 Å². The van der Waals surface area contributed by atoms with Crippen molar-refractivity contribution in [3.05, 3.63) is 71.4 Å². The molecule has 41 heavy (non-hydrogen) atoms. The Morgan fingerprint density at radius 2 is 1.93 bits per heavy atom. The monoisotopic (exact) mass is 575 g/mol. The number of nitrogens with one attached hydrogen (secondary N) is 2. The number of piperidine rings is 1. The van der Waals surface area contributed by atoms with Gasteiger partial charge in [-0.05, 0) is 55.2 Å². The van der Waals surface area contributed by atoms with Crippen LogP contribution in [0.25, 0.3) is 10.9 Å². The van der Waals surface area contributed by atoms with E-state index in [0.717, 1.165) is 22.2 Å². The number of nitrogens with zero attached hydrogens (tertiary/aromatic N) is 3. The molecule has 2 aliphatic heterocycles. The van der Waals surface area contributed by atoms with Gasteiger partial charge in [0.15, 0.2) is 5.56 Å². The summed E-state index contributed by atoms with van der Waals surface area (Å²) >= 11 is 1.22. The van der Waals surface area contributed by atoms with Gasteiger partial charge in [-0.2, -0.15) is 5.10 Å². The summed E-state index contributed by atoms with van der Waals surface area (Å²) in [5.74, 6) is 0.344. The molecule has 3 heterocycles. The van der Waals surface area contributed by atoms with Crippen LogP contribution in [-0.4, -0.2) is 56.5 Å². The molecule has 9 nitrogen and oxygen atoms in total. The topological polar surface area (TPSA) is 116 Å². The molecule has 10 heteroatoms. The number of aryl methyl sites for hydroxylation is 1. The Kier molecular flexibility index (Phi) is 8.51. The molecule has 0 aliphatic carbocycles. The highest BCUT2D eigenvalue weighted by Gasteiger charge is 2.38. The summed E-state index contributed by atoms with van der Waals surface area (Å²) in [6.45, 7) is 9.50. The van der Waals surface area contributed by atoms with Gasteiger partial charge in [-0.1, -0.05) is 50.7 Å². The third kappa shape index (κ3) is 7.18. The number of rotatable bonds is 7. The number of aliphatic hydroxyl groups excluding tert-OH is 1. The number of amides is 2. The second-order valence-corrected chi connectivity index (χ2v) is 13.0. The molecule has 2 aromatic carbocycles. The van der Waals surface area contributed by atoms with Crippen molar-refractivity contribution in [1.82, 2.24) is 20.6 Å². The SMILES string of the molecule is Cc1cc(COc2ccc(C(=O)NC3CCN(C(=O)CC(C)(C)C)CC3C3=NNC(O)S3)cc2)c2ccccc2n1. The smallest absolute Gasteiger partial charge is 0.251 e. The Labute approximate surface area is 244 Å². The number of benzene rings is 2. The predicted octanol–water partition coefficient (Wildman–Crippen LogP) is 4.43. The van der Waals surface area contributed by atoms with Gasteiger partial charge in [-0.25, -0.2) is 0 Å². The summed E-state index contributed by atoms with van der Waals surface area (Å²) in [6.07, 6.45) is 1.05. The lowest BCUT2D eigenvalue weighted by Crippen LogP contribution is -2.54. The number of carbonyl (C=O) groups is 2. The van der Waals surface area contributed by atoms with Gasteiger partial charge in [-0.15, -0.1) is 0 Å². The Bertz CT molecular complexity index is 1450. The fraction of sp³-hybridized carbons (Fsp3) is 0.419. The van der Waals surface area contributed by atoms with E-state index in [0.29, 0.717) is 48.9 Å². The van der Waals surface area contributed by atoms with Crippen LogP contribution in [0.1, 0.15) is 55.2 Å². The average molecular weight is 576 g/mol. The van der Waals surface area contributed by atoms with Gasteiger partial charge in [0.2, 0.25) is 5.91 Å². The minimum absolute atomic E-state index is 0.0925. The first-order chi connectivity index (χ1) is 19.6. The summed E-state index contributed by atoms with van der Waals surface area (Å²) in [6, 6.07) is 16.9. The molecule has 0 radical (unpaired) electrons. The Balaban J connectivity index is 1.23. The van der Waals surface area contributed by atoms with E-state index in [1.807, 2.05) is 62.9 Å². The van der Waals surface area contributed by atoms with E-state index in [4.69, 9.17) is 4.74 Å². The molecule has 0 saturated carbocycles. The lowest BCUT2D eigenvalue weighted by molar-refractivity contribution is -0.134. The molecule has 0 spiro atoms. The predicted molar refractivity (Wildman–Crippen MR) is 161 cm³/mol. The Morgan fingerprint density at radius 1 is 1.17 bits per heavy atom. The zero-order valence-electron chi connectivity index (χ0n) is 23.9. The molecule has 216 valence electrons. The first-order valence-corrected chi connectivity index (χ1v) is 14.8. The van der Waals surface area contributed by atoms with E-state index in [1.54, 1.807) is 24.3 Å². The van der Waals surface area contributed by atoms with Crippen molar-refractivity contribution in [1.29, 1.82) is 0 Å². The summed E-state index contributed by atoms with van der Waals surface area (Å²) in [7, 11) is 0. The zero-order chi connectivity index (χ0) is 29.1. The van der Waals surface area contributed by atoms with Crippen molar-refractivity contribution in [3.63, 3.8) is 0 Å². The number of carbonyl (C=O) groups excluding carboxylic acids is 2. The van der Waals surface area contributed by atoms with Gasteiger partial charge < -0.3 is 20.1 Å². The van der Waals surface area contributed by atoms with Crippen molar-refractivity contribution in [2.75, 3.05) is 13.1 Å². The van der Waals surface area contributed by atoms with Gasteiger partial charge >= 0.3 is 0 Å². The van der Waals surface area contributed by atoms with Gasteiger partial charge in [0, 0.05) is 53.7 Å². The fourth-order valence-corrected chi connectivity index (χ4v) is 6.11. The van der Waals surface area contributed by atoms with E-state index in [9.17, 15) is 14.7 Å². The van der Waals surface area contributed by atoms with Crippen LogP contribution in [0.2, 0.25) is 0 Å². The first kappa shape index (κ1) is 28.9. The molecule has 2 aliphatic rings. The molecule has 3 atom stereocenters. The third-order valence-electron chi connectivity index (χ3n) is 7.24. The van der Waals surface area contributed by atoms with Gasteiger partial charge in [0.05, 0.1) is 5.52 Å². The van der Waals surface area contributed by atoms with Gasteiger partial charge in [-0.3, -0.25) is 20.0 Å². The summed E-state index contributed by atoms with van der Waals surface area (Å²) in [5.41, 5.74) is 5.17. The van der Waals surface area contributed by atoms with Crippen LogP contribution in [-0.2, 0) is 11.4 Å². The normalized spacial score (nSPS) is 20.9.